The van der Waals surface area contributed by atoms with Gasteiger partial charge in [-0.25, -0.2) is 8.42 Å². The third-order valence-electron chi connectivity index (χ3n) is 4.33. The molecule has 0 bridgehead atoms. The summed E-state index contributed by atoms with van der Waals surface area (Å²) in [4.78, 5) is 12.4. The van der Waals surface area contributed by atoms with Crippen LogP contribution in [-0.2, 0) is 14.6 Å². The first-order chi connectivity index (χ1) is 12.2. The maximum Gasteiger partial charge on any atom is 0.262 e. The summed E-state index contributed by atoms with van der Waals surface area (Å²) in [7, 11) is -3.33. The SMILES string of the molecule is CCC(C)c1ccccc1OCC(=O)Nc1cc(S(C)(=O)=O)ccc1C. The van der Waals surface area contributed by atoms with Crippen LogP contribution in [0.25, 0.3) is 0 Å². The molecule has 0 radical (unpaired) electrons. The van der Waals surface area contributed by atoms with Crippen LogP contribution in [-0.4, -0.2) is 27.2 Å². The first-order valence-corrected chi connectivity index (χ1v) is 10.4. The number of amides is 1. The van der Waals surface area contributed by atoms with Crippen molar-refractivity contribution in [3.63, 3.8) is 0 Å². The highest BCUT2D eigenvalue weighted by Crippen LogP contribution is 2.28. The lowest BCUT2D eigenvalue weighted by molar-refractivity contribution is -0.118. The Kier molecular flexibility index (Phi) is 6.42. The lowest BCUT2D eigenvalue weighted by atomic mass is 9.98. The Morgan fingerprint density at radius 2 is 1.88 bits per heavy atom. The number of carbonyl (C=O) groups is 1. The number of carbonyl (C=O) groups excluding carboxylic acids is 1. The normalized spacial score (nSPS) is 12.5. The minimum atomic E-state index is -3.33. The van der Waals surface area contributed by atoms with E-state index >= 15 is 0 Å². The van der Waals surface area contributed by atoms with Crippen LogP contribution in [0.5, 0.6) is 5.75 Å². The van der Waals surface area contributed by atoms with Crippen LogP contribution in [0.2, 0.25) is 0 Å². The van der Waals surface area contributed by atoms with Gasteiger partial charge in [-0.3, -0.25) is 4.79 Å². The molecule has 1 unspecified atom stereocenters. The van der Waals surface area contributed by atoms with Crippen molar-refractivity contribution in [2.24, 2.45) is 0 Å². The van der Waals surface area contributed by atoms with Gasteiger partial charge in [-0.15, -0.1) is 0 Å². The number of hydrogen-bond donors (Lipinski definition) is 1. The third kappa shape index (κ3) is 5.08. The summed E-state index contributed by atoms with van der Waals surface area (Å²) in [5.41, 5.74) is 2.32. The molecule has 0 aliphatic carbocycles. The highest BCUT2D eigenvalue weighted by atomic mass is 32.2. The highest BCUT2D eigenvalue weighted by molar-refractivity contribution is 7.90. The van der Waals surface area contributed by atoms with Gasteiger partial charge in [0.2, 0.25) is 0 Å². The molecule has 0 spiro atoms. The Morgan fingerprint density at radius 3 is 2.54 bits per heavy atom. The first-order valence-electron chi connectivity index (χ1n) is 8.54. The van der Waals surface area contributed by atoms with E-state index in [0.29, 0.717) is 17.4 Å². The van der Waals surface area contributed by atoms with Crippen molar-refractivity contribution < 1.29 is 17.9 Å². The van der Waals surface area contributed by atoms with E-state index in [4.69, 9.17) is 4.74 Å². The molecule has 0 saturated carbocycles. The van der Waals surface area contributed by atoms with Gasteiger partial charge in [-0.2, -0.15) is 0 Å². The molecule has 2 aromatic rings. The predicted octanol–water partition coefficient (Wildman–Crippen LogP) is 3.93. The number of sulfone groups is 1. The van der Waals surface area contributed by atoms with E-state index in [0.717, 1.165) is 23.8 Å². The van der Waals surface area contributed by atoms with Gasteiger partial charge in [0.1, 0.15) is 5.75 Å². The number of rotatable bonds is 7. The van der Waals surface area contributed by atoms with Gasteiger partial charge in [0.05, 0.1) is 4.90 Å². The van der Waals surface area contributed by atoms with E-state index in [1.165, 1.54) is 12.1 Å². The van der Waals surface area contributed by atoms with Crippen LogP contribution in [0, 0.1) is 6.92 Å². The minimum Gasteiger partial charge on any atom is -0.483 e. The van der Waals surface area contributed by atoms with Gasteiger partial charge in [-0.1, -0.05) is 38.1 Å². The van der Waals surface area contributed by atoms with Crippen LogP contribution in [0.3, 0.4) is 0 Å². The Morgan fingerprint density at radius 1 is 1.19 bits per heavy atom. The van der Waals surface area contributed by atoms with E-state index in [1.54, 1.807) is 13.0 Å². The number of nitrogens with one attached hydrogen (secondary N) is 1. The second-order valence-corrected chi connectivity index (χ2v) is 8.45. The molecule has 5 nitrogen and oxygen atoms in total. The number of para-hydroxylation sites is 1. The van der Waals surface area contributed by atoms with Crippen LogP contribution in [0.1, 0.15) is 37.3 Å². The van der Waals surface area contributed by atoms with Gasteiger partial charge < -0.3 is 10.1 Å². The van der Waals surface area contributed by atoms with Crippen LogP contribution >= 0.6 is 0 Å². The summed E-state index contributed by atoms with van der Waals surface area (Å²) >= 11 is 0. The smallest absolute Gasteiger partial charge is 0.262 e. The molecule has 0 aliphatic heterocycles. The number of ether oxygens (including phenoxy) is 1. The van der Waals surface area contributed by atoms with Crippen molar-refractivity contribution in [2.45, 2.75) is 38.0 Å². The van der Waals surface area contributed by atoms with Crippen molar-refractivity contribution in [2.75, 3.05) is 18.2 Å². The summed E-state index contributed by atoms with van der Waals surface area (Å²) < 4.78 is 29.1. The van der Waals surface area contributed by atoms with E-state index in [1.807, 2.05) is 24.3 Å². The molecule has 1 N–H and O–H groups in total. The molecule has 0 saturated heterocycles. The maximum atomic E-state index is 12.3. The second-order valence-electron chi connectivity index (χ2n) is 6.43. The van der Waals surface area contributed by atoms with E-state index in [2.05, 4.69) is 19.2 Å². The van der Waals surface area contributed by atoms with Crippen molar-refractivity contribution in [3.8, 4) is 5.75 Å². The summed E-state index contributed by atoms with van der Waals surface area (Å²) in [6, 6.07) is 12.3. The zero-order valence-corrected chi connectivity index (χ0v) is 16.4. The van der Waals surface area contributed by atoms with Crippen LogP contribution in [0.15, 0.2) is 47.4 Å². The van der Waals surface area contributed by atoms with Gasteiger partial charge in [0, 0.05) is 11.9 Å². The first kappa shape index (κ1) is 20.0. The lowest BCUT2D eigenvalue weighted by Gasteiger charge is -2.16. The van der Waals surface area contributed by atoms with Crippen LogP contribution < -0.4 is 10.1 Å². The molecule has 0 aliphatic rings. The van der Waals surface area contributed by atoms with Gasteiger partial charge in [0.15, 0.2) is 16.4 Å². The van der Waals surface area contributed by atoms with Crippen LogP contribution in [0.4, 0.5) is 5.69 Å². The monoisotopic (exact) mass is 375 g/mol. The zero-order chi connectivity index (χ0) is 19.3. The maximum absolute atomic E-state index is 12.3. The lowest BCUT2D eigenvalue weighted by Crippen LogP contribution is -2.21. The average Bonchev–Trinajstić information content (AvgIpc) is 2.60. The Bertz CT molecular complexity index is 890. The molecule has 0 fully saturated rings. The van der Waals surface area contributed by atoms with E-state index in [9.17, 15) is 13.2 Å². The molecular weight excluding hydrogens is 350 g/mol. The Labute approximate surface area is 155 Å². The fourth-order valence-corrected chi connectivity index (χ4v) is 3.18. The topological polar surface area (TPSA) is 72.5 Å². The summed E-state index contributed by atoms with van der Waals surface area (Å²) in [6.07, 6.45) is 2.11. The number of hydrogen-bond acceptors (Lipinski definition) is 4. The van der Waals surface area contributed by atoms with Crippen molar-refractivity contribution in [1.82, 2.24) is 0 Å². The van der Waals surface area contributed by atoms with E-state index in [-0.39, 0.29) is 17.4 Å². The zero-order valence-electron chi connectivity index (χ0n) is 15.6. The molecule has 26 heavy (non-hydrogen) atoms. The molecule has 0 aromatic heterocycles. The van der Waals surface area contributed by atoms with Crippen molar-refractivity contribution >= 4 is 21.4 Å². The third-order valence-corrected chi connectivity index (χ3v) is 5.44. The standard InChI is InChI=1S/C20H25NO4S/c1-5-14(2)17-8-6-7-9-19(17)25-13-20(22)21-18-12-16(26(4,23)24)11-10-15(18)3/h6-12,14H,5,13H2,1-4H3,(H,21,22). The number of benzene rings is 2. The highest BCUT2D eigenvalue weighted by Gasteiger charge is 2.13. The second kappa shape index (κ2) is 8.36. The molecular formula is C20H25NO4S. The molecule has 1 atom stereocenters. The molecule has 1 amide bonds. The summed E-state index contributed by atoms with van der Waals surface area (Å²) in [5, 5.41) is 2.73. The number of aryl methyl sites for hydroxylation is 1. The van der Waals surface area contributed by atoms with E-state index < -0.39 is 9.84 Å². The Balaban J connectivity index is 2.09. The van der Waals surface area contributed by atoms with Gasteiger partial charge in [0.25, 0.3) is 5.91 Å². The Hall–Kier alpha value is -2.34. The number of anilines is 1. The molecule has 6 heteroatoms. The summed E-state index contributed by atoms with van der Waals surface area (Å²) in [5.74, 6) is 0.694. The predicted molar refractivity (Wildman–Crippen MR) is 104 cm³/mol. The van der Waals surface area contributed by atoms with Gasteiger partial charge >= 0.3 is 0 Å². The van der Waals surface area contributed by atoms with Crippen molar-refractivity contribution in [1.29, 1.82) is 0 Å². The molecule has 2 rings (SSSR count). The summed E-state index contributed by atoms with van der Waals surface area (Å²) in [6.45, 7) is 5.88. The fraction of sp³-hybridized carbons (Fsp3) is 0.350. The quantitative estimate of drug-likeness (QED) is 0.796. The van der Waals surface area contributed by atoms with Gasteiger partial charge in [-0.05, 0) is 48.6 Å². The molecule has 140 valence electrons. The average molecular weight is 375 g/mol. The largest absolute Gasteiger partial charge is 0.483 e. The fourth-order valence-electron chi connectivity index (χ4n) is 2.54. The molecule has 2 aromatic carbocycles. The minimum absolute atomic E-state index is 0.143. The van der Waals surface area contributed by atoms with Crippen molar-refractivity contribution in [3.05, 3.63) is 53.6 Å². The molecule has 0 heterocycles.